The van der Waals surface area contributed by atoms with Crippen molar-refractivity contribution < 1.29 is 9.59 Å². The van der Waals surface area contributed by atoms with Crippen molar-refractivity contribution in [2.24, 2.45) is 5.92 Å². The predicted octanol–water partition coefficient (Wildman–Crippen LogP) is 2.45. The smallest absolute Gasteiger partial charge is 0.317 e. The molecule has 2 aliphatic rings. The number of hydrogen-bond acceptors (Lipinski definition) is 3. The number of carbonyl (C=O) groups excluding carboxylic acids is 2. The number of urea groups is 1. The van der Waals surface area contributed by atoms with Crippen molar-refractivity contribution in [1.29, 1.82) is 0 Å². The highest BCUT2D eigenvalue weighted by Gasteiger charge is 2.28. The lowest BCUT2D eigenvalue weighted by Crippen LogP contribution is -2.48. The van der Waals surface area contributed by atoms with Crippen LogP contribution in [0, 0.1) is 5.92 Å². The highest BCUT2D eigenvalue weighted by Crippen LogP contribution is 2.21. The van der Waals surface area contributed by atoms with E-state index >= 15 is 0 Å². The monoisotopic (exact) mass is 344 g/mol. The number of amides is 3. The maximum absolute atomic E-state index is 12.4. The van der Waals surface area contributed by atoms with E-state index in [2.05, 4.69) is 15.6 Å². The molecule has 6 heteroatoms. The van der Waals surface area contributed by atoms with Crippen molar-refractivity contribution in [3.8, 4) is 0 Å². The van der Waals surface area contributed by atoms with Gasteiger partial charge >= 0.3 is 6.03 Å². The Bertz CT molecular complexity index is 564. The molecule has 0 spiro atoms. The lowest BCUT2D eigenvalue weighted by molar-refractivity contribution is -0.127. The Morgan fingerprint density at radius 2 is 1.84 bits per heavy atom. The van der Waals surface area contributed by atoms with Crippen LogP contribution in [0.15, 0.2) is 24.4 Å². The van der Waals surface area contributed by atoms with Crippen LogP contribution in [0.2, 0.25) is 0 Å². The number of hydrogen-bond donors (Lipinski definition) is 2. The first kappa shape index (κ1) is 17.7. The highest BCUT2D eigenvalue weighted by molar-refractivity contribution is 5.80. The van der Waals surface area contributed by atoms with Gasteiger partial charge in [-0.05, 0) is 37.8 Å². The SMILES string of the molecule is O=C(NC1CCCCC1)C1CCN(C(=O)NCc2ccccn2)CC1. The van der Waals surface area contributed by atoms with Crippen LogP contribution >= 0.6 is 0 Å². The average Bonchev–Trinajstić information content (AvgIpc) is 2.68. The molecule has 0 unspecified atom stereocenters. The lowest BCUT2D eigenvalue weighted by atomic mass is 9.92. The second kappa shape index (κ2) is 8.83. The second-order valence-electron chi connectivity index (χ2n) is 7.08. The van der Waals surface area contributed by atoms with Gasteiger partial charge < -0.3 is 15.5 Å². The van der Waals surface area contributed by atoms with Gasteiger partial charge in [-0.25, -0.2) is 4.79 Å². The van der Waals surface area contributed by atoms with Crippen LogP contribution < -0.4 is 10.6 Å². The van der Waals surface area contributed by atoms with Crippen LogP contribution in [0.3, 0.4) is 0 Å². The lowest BCUT2D eigenvalue weighted by Gasteiger charge is -2.32. The fourth-order valence-electron chi connectivity index (χ4n) is 3.69. The molecule has 1 aliphatic carbocycles. The Kier molecular flexibility index (Phi) is 6.25. The molecule has 0 aromatic carbocycles. The van der Waals surface area contributed by atoms with Crippen molar-refractivity contribution in [3.05, 3.63) is 30.1 Å². The van der Waals surface area contributed by atoms with E-state index < -0.39 is 0 Å². The summed E-state index contributed by atoms with van der Waals surface area (Å²) < 4.78 is 0. The van der Waals surface area contributed by atoms with Crippen LogP contribution in [0.1, 0.15) is 50.6 Å². The summed E-state index contributed by atoms with van der Waals surface area (Å²) in [6.45, 7) is 1.70. The van der Waals surface area contributed by atoms with E-state index in [1.165, 1.54) is 19.3 Å². The minimum absolute atomic E-state index is 0.0433. The van der Waals surface area contributed by atoms with Gasteiger partial charge in [0.1, 0.15) is 0 Å². The largest absolute Gasteiger partial charge is 0.353 e. The van der Waals surface area contributed by atoms with E-state index in [1.807, 2.05) is 18.2 Å². The van der Waals surface area contributed by atoms with Gasteiger partial charge in [0.2, 0.25) is 5.91 Å². The Balaban J connectivity index is 1.38. The van der Waals surface area contributed by atoms with Crippen molar-refractivity contribution in [2.45, 2.75) is 57.5 Å². The number of nitrogens with zero attached hydrogens (tertiary/aromatic N) is 2. The van der Waals surface area contributed by atoms with Gasteiger partial charge in [0.15, 0.2) is 0 Å². The summed E-state index contributed by atoms with van der Waals surface area (Å²) in [5.74, 6) is 0.224. The van der Waals surface area contributed by atoms with Gasteiger partial charge in [-0.1, -0.05) is 25.3 Å². The third-order valence-electron chi connectivity index (χ3n) is 5.25. The van der Waals surface area contributed by atoms with Crippen molar-refractivity contribution in [1.82, 2.24) is 20.5 Å². The molecular weight excluding hydrogens is 316 g/mol. The molecule has 2 fully saturated rings. The number of nitrogens with one attached hydrogen (secondary N) is 2. The van der Waals surface area contributed by atoms with Gasteiger partial charge in [-0.2, -0.15) is 0 Å². The second-order valence-corrected chi connectivity index (χ2v) is 7.08. The summed E-state index contributed by atoms with van der Waals surface area (Å²) >= 11 is 0. The molecule has 1 aromatic rings. The molecule has 1 saturated carbocycles. The minimum Gasteiger partial charge on any atom is -0.353 e. The first-order valence-corrected chi connectivity index (χ1v) is 9.45. The third kappa shape index (κ3) is 5.18. The molecule has 1 saturated heterocycles. The van der Waals surface area contributed by atoms with Gasteiger partial charge in [-0.15, -0.1) is 0 Å². The number of rotatable bonds is 4. The molecule has 136 valence electrons. The van der Waals surface area contributed by atoms with Crippen LogP contribution in [-0.4, -0.2) is 41.0 Å². The number of carbonyl (C=O) groups is 2. The van der Waals surface area contributed by atoms with Crippen LogP contribution in [0.5, 0.6) is 0 Å². The maximum Gasteiger partial charge on any atom is 0.317 e. The van der Waals surface area contributed by atoms with E-state index in [-0.39, 0.29) is 17.9 Å². The summed E-state index contributed by atoms with van der Waals surface area (Å²) in [6, 6.07) is 5.94. The minimum atomic E-state index is -0.0724. The van der Waals surface area contributed by atoms with Crippen molar-refractivity contribution >= 4 is 11.9 Å². The number of likely N-dealkylation sites (tertiary alicyclic amines) is 1. The zero-order valence-electron chi connectivity index (χ0n) is 14.7. The molecule has 2 N–H and O–H groups in total. The zero-order chi connectivity index (χ0) is 17.5. The molecule has 0 radical (unpaired) electrons. The molecule has 6 nitrogen and oxygen atoms in total. The molecule has 1 aliphatic heterocycles. The summed E-state index contributed by atoms with van der Waals surface area (Å²) in [5.41, 5.74) is 0.845. The summed E-state index contributed by atoms with van der Waals surface area (Å²) in [6.07, 6.45) is 9.17. The van der Waals surface area contributed by atoms with Gasteiger partial charge in [0, 0.05) is 31.2 Å². The quantitative estimate of drug-likeness (QED) is 0.881. The third-order valence-corrected chi connectivity index (χ3v) is 5.25. The predicted molar refractivity (Wildman–Crippen MR) is 95.8 cm³/mol. The maximum atomic E-state index is 12.4. The van der Waals surface area contributed by atoms with E-state index in [1.54, 1.807) is 11.1 Å². The Labute approximate surface area is 149 Å². The first-order valence-electron chi connectivity index (χ1n) is 9.45. The Hall–Kier alpha value is -2.11. The first-order chi connectivity index (χ1) is 12.2. The van der Waals surface area contributed by atoms with Crippen molar-refractivity contribution in [3.63, 3.8) is 0 Å². The summed E-state index contributed by atoms with van der Waals surface area (Å²) in [4.78, 5) is 30.7. The summed E-state index contributed by atoms with van der Waals surface area (Å²) in [5, 5.41) is 6.12. The number of aromatic nitrogens is 1. The molecule has 3 amide bonds. The Morgan fingerprint density at radius 1 is 1.08 bits per heavy atom. The molecule has 25 heavy (non-hydrogen) atoms. The molecular formula is C19H28N4O2. The van der Waals surface area contributed by atoms with Crippen LogP contribution in [0.25, 0.3) is 0 Å². The van der Waals surface area contributed by atoms with Crippen LogP contribution in [0.4, 0.5) is 4.79 Å². The standard InChI is InChI=1S/C19H28N4O2/c24-18(22-16-6-2-1-3-7-16)15-9-12-23(13-10-15)19(25)21-14-17-8-4-5-11-20-17/h4-5,8,11,15-16H,1-3,6-7,9-10,12-14H2,(H,21,25)(H,22,24). The topological polar surface area (TPSA) is 74.3 Å². The Morgan fingerprint density at radius 3 is 2.52 bits per heavy atom. The van der Waals surface area contributed by atoms with Crippen molar-refractivity contribution in [2.75, 3.05) is 13.1 Å². The van der Waals surface area contributed by atoms with Crippen LogP contribution in [-0.2, 0) is 11.3 Å². The van der Waals surface area contributed by atoms with E-state index in [9.17, 15) is 9.59 Å². The average molecular weight is 344 g/mol. The number of pyridine rings is 1. The van der Waals surface area contributed by atoms with E-state index in [4.69, 9.17) is 0 Å². The van der Waals surface area contributed by atoms with Gasteiger partial charge in [-0.3, -0.25) is 9.78 Å². The molecule has 2 heterocycles. The molecule has 0 atom stereocenters. The fraction of sp³-hybridized carbons (Fsp3) is 0.632. The zero-order valence-corrected chi connectivity index (χ0v) is 14.7. The molecule has 0 bridgehead atoms. The molecule has 1 aromatic heterocycles. The summed E-state index contributed by atoms with van der Waals surface area (Å²) in [7, 11) is 0. The fourth-order valence-corrected chi connectivity index (χ4v) is 3.69. The van der Waals surface area contributed by atoms with Gasteiger partial charge in [0.05, 0.1) is 12.2 Å². The van der Waals surface area contributed by atoms with Gasteiger partial charge in [0.25, 0.3) is 0 Å². The normalized spacial score (nSPS) is 19.4. The molecule has 3 rings (SSSR count). The highest BCUT2D eigenvalue weighted by atomic mass is 16.2. The number of piperidine rings is 1. The van der Waals surface area contributed by atoms with E-state index in [0.29, 0.717) is 25.7 Å². The van der Waals surface area contributed by atoms with E-state index in [0.717, 1.165) is 31.4 Å².